The molecule has 0 saturated carbocycles. The highest BCUT2D eigenvalue weighted by atomic mass is 16.2. The van der Waals surface area contributed by atoms with Gasteiger partial charge in [-0.15, -0.1) is 0 Å². The average Bonchev–Trinajstić information content (AvgIpc) is 3.05. The van der Waals surface area contributed by atoms with E-state index < -0.39 is 11.8 Å². The first-order chi connectivity index (χ1) is 10.1. The highest BCUT2D eigenvalue weighted by Gasteiger charge is 2.26. The fraction of sp³-hybridized carbons (Fsp3) is 0.143. The van der Waals surface area contributed by atoms with E-state index in [1.165, 1.54) is 12.1 Å². The van der Waals surface area contributed by atoms with Crippen LogP contribution < -0.4 is 10.6 Å². The number of nitrogens with zero attached hydrogens (tertiary/aromatic N) is 2. The van der Waals surface area contributed by atoms with Gasteiger partial charge in [-0.1, -0.05) is 0 Å². The second-order valence-electron chi connectivity index (χ2n) is 4.55. The van der Waals surface area contributed by atoms with Gasteiger partial charge in [-0.25, -0.2) is 0 Å². The van der Waals surface area contributed by atoms with E-state index in [0.29, 0.717) is 17.8 Å². The van der Waals surface area contributed by atoms with Crippen LogP contribution in [0.3, 0.4) is 0 Å². The molecule has 7 nitrogen and oxygen atoms in total. The summed E-state index contributed by atoms with van der Waals surface area (Å²) in [5.74, 6) is -1.25. The van der Waals surface area contributed by atoms with Crippen LogP contribution in [0.15, 0.2) is 30.5 Å². The molecule has 3 amide bonds. The molecule has 3 rings (SSSR count). The molecule has 0 bridgehead atoms. The Bertz CT molecular complexity index is 763. The van der Waals surface area contributed by atoms with Crippen molar-refractivity contribution in [2.24, 2.45) is 0 Å². The molecular weight excluding hydrogens is 272 g/mol. The van der Waals surface area contributed by atoms with Crippen molar-refractivity contribution in [1.82, 2.24) is 15.1 Å². The lowest BCUT2D eigenvalue weighted by atomic mass is 10.1. The molecule has 0 radical (unpaired) electrons. The molecule has 0 aliphatic carbocycles. The number of hydrogen-bond donors (Lipinski definition) is 2. The zero-order valence-electron chi connectivity index (χ0n) is 11.2. The Balaban J connectivity index is 1.82. The number of fused-ring (bicyclic) bond motifs is 1. The SMILES string of the molecule is CCn1ccc(C(=O)Nc2ccc3c(c2)C(=O)NC3=O)n1. The monoisotopic (exact) mass is 284 g/mol. The van der Waals surface area contributed by atoms with E-state index in [1.54, 1.807) is 23.0 Å². The number of hydrogen-bond acceptors (Lipinski definition) is 4. The standard InChI is InChI=1S/C14H12N4O3/c1-2-18-6-5-11(17-18)14(21)15-8-3-4-9-10(7-8)13(20)16-12(9)19/h3-7H,2H2,1H3,(H,15,21)(H,16,19,20). The van der Waals surface area contributed by atoms with Gasteiger partial charge < -0.3 is 5.32 Å². The number of carbonyl (C=O) groups excluding carboxylic acids is 3. The summed E-state index contributed by atoms with van der Waals surface area (Å²) in [6.45, 7) is 2.60. The first kappa shape index (κ1) is 13.0. The van der Waals surface area contributed by atoms with Crippen LogP contribution in [0.25, 0.3) is 0 Å². The summed E-state index contributed by atoms with van der Waals surface area (Å²) < 4.78 is 1.64. The van der Waals surface area contributed by atoms with Crippen LogP contribution in [-0.4, -0.2) is 27.5 Å². The summed E-state index contributed by atoms with van der Waals surface area (Å²) in [6, 6.07) is 6.17. The first-order valence-corrected chi connectivity index (χ1v) is 6.43. The Morgan fingerprint density at radius 2 is 2.00 bits per heavy atom. The number of benzene rings is 1. The van der Waals surface area contributed by atoms with Gasteiger partial charge in [0.1, 0.15) is 0 Å². The number of aryl methyl sites for hydroxylation is 1. The third-order valence-corrected chi connectivity index (χ3v) is 3.19. The van der Waals surface area contributed by atoms with Crippen molar-refractivity contribution >= 4 is 23.4 Å². The smallest absolute Gasteiger partial charge is 0.276 e. The number of nitrogens with one attached hydrogen (secondary N) is 2. The van der Waals surface area contributed by atoms with Crippen LogP contribution >= 0.6 is 0 Å². The van der Waals surface area contributed by atoms with Crippen molar-refractivity contribution in [2.45, 2.75) is 13.5 Å². The molecular formula is C14H12N4O3. The van der Waals surface area contributed by atoms with Crippen LogP contribution in [0.2, 0.25) is 0 Å². The topological polar surface area (TPSA) is 93.1 Å². The van der Waals surface area contributed by atoms with E-state index in [4.69, 9.17) is 0 Å². The molecule has 2 aromatic rings. The molecule has 0 fully saturated rings. The lowest BCUT2D eigenvalue weighted by Crippen LogP contribution is -2.19. The van der Waals surface area contributed by atoms with Crippen molar-refractivity contribution in [1.29, 1.82) is 0 Å². The number of carbonyl (C=O) groups is 3. The van der Waals surface area contributed by atoms with Crippen molar-refractivity contribution in [2.75, 3.05) is 5.32 Å². The quantitative estimate of drug-likeness (QED) is 0.823. The first-order valence-electron chi connectivity index (χ1n) is 6.43. The summed E-state index contributed by atoms with van der Waals surface area (Å²) >= 11 is 0. The lowest BCUT2D eigenvalue weighted by molar-refractivity contribution is 0.0878. The second kappa shape index (κ2) is 4.86. The Labute approximate surface area is 119 Å². The van der Waals surface area contributed by atoms with E-state index in [-0.39, 0.29) is 17.2 Å². The third kappa shape index (κ3) is 2.29. The van der Waals surface area contributed by atoms with Crippen LogP contribution in [-0.2, 0) is 6.54 Å². The number of anilines is 1. The maximum atomic E-state index is 12.0. The molecule has 0 atom stereocenters. The molecule has 0 spiro atoms. The zero-order chi connectivity index (χ0) is 15.0. The van der Waals surface area contributed by atoms with Crippen molar-refractivity contribution in [3.63, 3.8) is 0 Å². The molecule has 1 aromatic carbocycles. The number of rotatable bonds is 3. The predicted octanol–water partition coefficient (Wildman–Crippen LogP) is 1.04. The Kier molecular flexibility index (Phi) is 3.02. The highest BCUT2D eigenvalue weighted by Crippen LogP contribution is 2.20. The molecule has 2 N–H and O–H groups in total. The van der Waals surface area contributed by atoms with Gasteiger partial charge in [0.05, 0.1) is 11.1 Å². The van der Waals surface area contributed by atoms with Gasteiger partial charge in [-0.3, -0.25) is 24.4 Å². The Morgan fingerprint density at radius 1 is 1.24 bits per heavy atom. The average molecular weight is 284 g/mol. The van der Waals surface area contributed by atoms with E-state index in [2.05, 4.69) is 15.7 Å². The van der Waals surface area contributed by atoms with Gasteiger partial charge in [-0.05, 0) is 31.2 Å². The van der Waals surface area contributed by atoms with Crippen molar-refractivity contribution in [3.8, 4) is 0 Å². The summed E-state index contributed by atoms with van der Waals surface area (Å²) in [6.07, 6.45) is 1.71. The minimum Gasteiger partial charge on any atom is -0.321 e. The van der Waals surface area contributed by atoms with Gasteiger partial charge in [-0.2, -0.15) is 5.10 Å². The Morgan fingerprint density at radius 3 is 2.71 bits per heavy atom. The molecule has 106 valence electrons. The van der Waals surface area contributed by atoms with E-state index in [9.17, 15) is 14.4 Å². The molecule has 21 heavy (non-hydrogen) atoms. The van der Waals surface area contributed by atoms with E-state index in [1.807, 2.05) is 6.92 Å². The van der Waals surface area contributed by atoms with Crippen LogP contribution in [0.5, 0.6) is 0 Å². The molecule has 1 aliphatic rings. The van der Waals surface area contributed by atoms with E-state index in [0.717, 1.165) is 0 Å². The minimum atomic E-state index is -0.457. The fourth-order valence-corrected chi connectivity index (χ4v) is 2.10. The predicted molar refractivity (Wildman–Crippen MR) is 74.1 cm³/mol. The van der Waals surface area contributed by atoms with Crippen LogP contribution in [0.4, 0.5) is 5.69 Å². The molecule has 0 saturated heterocycles. The van der Waals surface area contributed by atoms with Gasteiger partial charge >= 0.3 is 0 Å². The van der Waals surface area contributed by atoms with Gasteiger partial charge in [0.25, 0.3) is 17.7 Å². The number of imide groups is 1. The number of aromatic nitrogens is 2. The molecule has 2 heterocycles. The summed E-state index contributed by atoms with van der Waals surface area (Å²) in [5.41, 5.74) is 1.30. The maximum absolute atomic E-state index is 12.0. The van der Waals surface area contributed by atoms with E-state index >= 15 is 0 Å². The number of amides is 3. The normalized spacial score (nSPS) is 13.0. The molecule has 7 heteroatoms. The fourth-order valence-electron chi connectivity index (χ4n) is 2.10. The van der Waals surface area contributed by atoms with Gasteiger partial charge in [0.15, 0.2) is 5.69 Å². The van der Waals surface area contributed by atoms with Crippen LogP contribution in [0, 0.1) is 0 Å². The summed E-state index contributed by atoms with van der Waals surface area (Å²) in [7, 11) is 0. The maximum Gasteiger partial charge on any atom is 0.276 e. The Hall–Kier alpha value is -2.96. The highest BCUT2D eigenvalue weighted by molar-refractivity contribution is 6.22. The molecule has 1 aromatic heterocycles. The van der Waals surface area contributed by atoms with Gasteiger partial charge in [0.2, 0.25) is 0 Å². The summed E-state index contributed by atoms with van der Waals surface area (Å²) in [4.78, 5) is 35.0. The molecule has 0 unspecified atom stereocenters. The third-order valence-electron chi connectivity index (χ3n) is 3.19. The summed E-state index contributed by atoms with van der Waals surface area (Å²) in [5, 5.41) is 8.95. The molecule has 1 aliphatic heterocycles. The van der Waals surface area contributed by atoms with Crippen LogP contribution in [0.1, 0.15) is 38.1 Å². The lowest BCUT2D eigenvalue weighted by Gasteiger charge is -2.04. The van der Waals surface area contributed by atoms with Crippen molar-refractivity contribution in [3.05, 3.63) is 47.3 Å². The largest absolute Gasteiger partial charge is 0.321 e. The zero-order valence-corrected chi connectivity index (χ0v) is 11.2. The minimum absolute atomic E-state index is 0.261. The van der Waals surface area contributed by atoms with Gasteiger partial charge in [0, 0.05) is 18.4 Å². The van der Waals surface area contributed by atoms with Crippen molar-refractivity contribution < 1.29 is 14.4 Å². The second-order valence-corrected chi connectivity index (χ2v) is 4.55.